The lowest BCUT2D eigenvalue weighted by molar-refractivity contribution is -0.140. The largest absolute Gasteiger partial charge is 0.357 e. The van der Waals surface area contributed by atoms with Crippen LogP contribution in [0.2, 0.25) is 15.1 Å². The molecule has 3 rings (SSSR count). The van der Waals surface area contributed by atoms with E-state index in [1.54, 1.807) is 18.2 Å². The van der Waals surface area contributed by atoms with Gasteiger partial charge in [-0.2, -0.15) is 0 Å². The Morgan fingerprint density at radius 1 is 0.970 bits per heavy atom. The van der Waals surface area contributed by atoms with Gasteiger partial charge in [0.1, 0.15) is 11.9 Å². The zero-order chi connectivity index (χ0) is 24.0. The molecule has 0 aliphatic rings. The molecule has 0 bridgehead atoms. The quantitative estimate of drug-likeness (QED) is 0.424. The Hall–Kier alpha value is -2.60. The lowest BCUT2D eigenvalue weighted by Crippen LogP contribution is -2.50. The normalized spacial score (nSPS) is 11.7. The van der Waals surface area contributed by atoms with Crippen molar-refractivity contribution in [3.63, 3.8) is 0 Å². The Morgan fingerprint density at radius 2 is 1.70 bits per heavy atom. The van der Waals surface area contributed by atoms with Gasteiger partial charge in [-0.05, 0) is 35.4 Å². The number of amides is 2. The van der Waals surface area contributed by atoms with Crippen LogP contribution in [-0.4, -0.2) is 29.8 Å². The van der Waals surface area contributed by atoms with Gasteiger partial charge in [0.2, 0.25) is 11.8 Å². The Bertz CT molecular complexity index is 1120. The lowest BCUT2D eigenvalue weighted by atomic mass is 10.0. The Kier molecular flexibility index (Phi) is 8.73. The van der Waals surface area contributed by atoms with Crippen molar-refractivity contribution in [2.75, 3.05) is 7.05 Å². The molecule has 0 saturated heterocycles. The zero-order valence-electron chi connectivity index (χ0n) is 17.8. The number of benzene rings is 3. The van der Waals surface area contributed by atoms with E-state index >= 15 is 0 Å². The molecule has 1 atom stereocenters. The van der Waals surface area contributed by atoms with Crippen LogP contribution < -0.4 is 5.32 Å². The lowest BCUT2D eigenvalue weighted by Gasteiger charge is -2.31. The number of hydrogen-bond donors (Lipinski definition) is 1. The molecule has 1 unspecified atom stereocenters. The highest BCUT2D eigenvalue weighted by molar-refractivity contribution is 6.35. The maximum absolute atomic E-state index is 14.4. The van der Waals surface area contributed by atoms with Gasteiger partial charge in [0.05, 0.1) is 6.42 Å². The van der Waals surface area contributed by atoms with Crippen LogP contribution in [0.3, 0.4) is 0 Å². The van der Waals surface area contributed by atoms with Gasteiger partial charge in [-0.1, -0.05) is 77.3 Å². The van der Waals surface area contributed by atoms with Crippen LogP contribution in [0.4, 0.5) is 4.39 Å². The minimum absolute atomic E-state index is 0.0336. The predicted octanol–water partition coefficient (Wildman–Crippen LogP) is 5.71. The van der Waals surface area contributed by atoms with Crippen LogP contribution in [0.15, 0.2) is 66.7 Å². The average Bonchev–Trinajstić information content (AvgIpc) is 2.80. The molecule has 0 saturated carbocycles. The number of halogens is 4. The molecule has 33 heavy (non-hydrogen) atoms. The molecule has 1 N–H and O–H groups in total. The highest BCUT2D eigenvalue weighted by Gasteiger charge is 2.31. The van der Waals surface area contributed by atoms with E-state index in [0.29, 0.717) is 15.6 Å². The fourth-order valence-electron chi connectivity index (χ4n) is 3.51. The summed E-state index contributed by atoms with van der Waals surface area (Å²) in [5, 5.41) is 3.59. The van der Waals surface area contributed by atoms with Crippen molar-refractivity contribution in [3.05, 3.63) is 104 Å². The number of carbonyl (C=O) groups is 2. The average molecular weight is 508 g/mol. The first-order valence-electron chi connectivity index (χ1n) is 10.2. The third-order valence-electron chi connectivity index (χ3n) is 5.26. The molecule has 0 radical (unpaired) electrons. The molecule has 0 spiro atoms. The van der Waals surface area contributed by atoms with Crippen molar-refractivity contribution < 1.29 is 14.0 Å². The Morgan fingerprint density at radius 3 is 2.33 bits per heavy atom. The number of nitrogens with zero attached hydrogens (tertiary/aromatic N) is 1. The van der Waals surface area contributed by atoms with Crippen molar-refractivity contribution in [2.45, 2.75) is 25.4 Å². The molecule has 4 nitrogen and oxygen atoms in total. The van der Waals surface area contributed by atoms with E-state index in [0.717, 1.165) is 5.56 Å². The van der Waals surface area contributed by atoms with Crippen molar-refractivity contribution in [2.24, 2.45) is 0 Å². The van der Waals surface area contributed by atoms with Crippen molar-refractivity contribution in [3.8, 4) is 0 Å². The molecule has 0 aliphatic carbocycles. The molecule has 0 aliphatic heterocycles. The number of hydrogen-bond acceptors (Lipinski definition) is 2. The van der Waals surface area contributed by atoms with Gasteiger partial charge < -0.3 is 10.2 Å². The molecule has 8 heteroatoms. The molecule has 0 fully saturated rings. The molecular formula is C25H22Cl3FN2O2. The third kappa shape index (κ3) is 6.47. The summed E-state index contributed by atoms with van der Waals surface area (Å²) < 4.78 is 14.4. The fraction of sp³-hybridized carbons (Fsp3) is 0.200. The second-order valence-electron chi connectivity index (χ2n) is 7.45. The Balaban J connectivity index is 2.01. The third-order valence-corrected chi connectivity index (χ3v) is 6.20. The van der Waals surface area contributed by atoms with Gasteiger partial charge in [-0.15, -0.1) is 0 Å². The summed E-state index contributed by atoms with van der Waals surface area (Å²) in [5.41, 5.74) is 1.55. The van der Waals surface area contributed by atoms with Crippen LogP contribution in [0, 0.1) is 5.82 Å². The topological polar surface area (TPSA) is 49.4 Å². The summed E-state index contributed by atoms with van der Waals surface area (Å²) in [6, 6.07) is 17.6. The minimum atomic E-state index is -0.859. The summed E-state index contributed by atoms with van der Waals surface area (Å²) in [5.74, 6) is -1.39. The standard InChI is InChI=1S/C25H22Cl3FN2O2/c1-30-25(33)23(12-16-6-3-2-4-7-16)31(15-17-10-11-18(26)13-21(17)28)24(32)14-19-20(27)8-5-9-22(19)29/h2-11,13,23H,12,14-15H2,1H3,(H,30,33). The molecule has 0 aromatic heterocycles. The summed E-state index contributed by atoms with van der Waals surface area (Å²) in [6.07, 6.45) is -0.0402. The molecular weight excluding hydrogens is 486 g/mol. The summed E-state index contributed by atoms with van der Waals surface area (Å²) >= 11 is 18.5. The van der Waals surface area contributed by atoms with E-state index in [4.69, 9.17) is 34.8 Å². The molecule has 3 aromatic rings. The van der Waals surface area contributed by atoms with Crippen molar-refractivity contribution >= 4 is 46.6 Å². The van der Waals surface area contributed by atoms with Crippen LogP contribution in [0.5, 0.6) is 0 Å². The summed E-state index contributed by atoms with van der Waals surface area (Å²) in [4.78, 5) is 27.8. The second kappa shape index (κ2) is 11.5. The van der Waals surface area contributed by atoms with Crippen molar-refractivity contribution in [1.82, 2.24) is 10.2 Å². The van der Waals surface area contributed by atoms with E-state index in [1.165, 1.54) is 30.1 Å². The van der Waals surface area contributed by atoms with Gasteiger partial charge >= 0.3 is 0 Å². The van der Waals surface area contributed by atoms with E-state index in [1.807, 2.05) is 30.3 Å². The molecule has 3 aromatic carbocycles. The van der Waals surface area contributed by atoms with Gasteiger partial charge in [-0.3, -0.25) is 9.59 Å². The second-order valence-corrected chi connectivity index (χ2v) is 8.70. The Labute approximate surface area is 207 Å². The number of carbonyl (C=O) groups excluding carboxylic acids is 2. The van der Waals surface area contributed by atoms with Crippen molar-refractivity contribution in [1.29, 1.82) is 0 Å². The molecule has 172 valence electrons. The van der Waals surface area contributed by atoms with Crippen LogP contribution in [-0.2, 0) is 29.0 Å². The highest BCUT2D eigenvalue weighted by atomic mass is 35.5. The minimum Gasteiger partial charge on any atom is -0.357 e. The van der Waals surface area contributed by atoms with Gasteiger partial charge in [0, 0.05) is 40.6 Å². The van der Waals surface area contributed by atoms with Crippen LogP contribution in [0.1, 0.15) is 16.7 Å². The molecule has 0 heterocycles. The van der Waals surface area contributed by atoms with Gasteiger partial charge in [-0.25, -0.2) is 4.39 Å². The number of rotatable bonds is 8. The van der Waals surface area contributed by atoms with Gasteiger partial charge in [0.25, 0.3) is 0 Å². The summed E-state index contributed by atoms with van der Waals surface area (Å²) in [7, 11) is 1.51. The smallest absolute Gasteiger partial charge is 0.242 e. The van der Waals surface area contributed by atoms with Crippen LogP contribution >= 0.6 is 34.8 Å². The first kappa shape index (κ1) is 25.0. The summed E-state index contributed by atoms with van der Waals surface area (Å²) in [6.45, 7) is 0.0336. The first-order valence-corrected chi connectivity index (χ1v) is 11.3. The zero-order valence-corrected chi connectivity index (χ0v) is 20.1. The van der Waals surface area contributed by atoms with Gasteiger partial charge in [0.15, 0.2) is 0 Å². The van der Waals surface area contributed by atoms with Crippen LogP contribution in [0.25, 0.3) is 0 Å². The van der Waals surface area contributed by atoms with E-state index in [2.05, 4.69) is 5.32 Å². The SMILES string of the molecule is CNC(=O)C(Cc1ccccc1)N(Cc1ccc(Cl)cc1Cl)C(=O)Cc1c(F)cccc1Cl. The maximum atomic E-state index is 14.4. The fourth-order valence-corrected chi connectivity index (χ4v) is 4.21. The van der Waals surface area contributed by atoms with E-state index in [-0.39, 0.29) is 35.9 Å². The van der Waals surface area contributed by atoms with E-state index < -0.39 is 17.8 Å². The maximum Gasteiger partial charge on any atom is 0.242 e. The first-order chi connectivity index (χ1) is 15.8. The number of likely N-dealkylation sites (N-methyl/N-ethyl adjacent to an activating group) is 1. The number of nitrogens with one attached hydrogen (secondary N) is 1. The highest BCUT2D eigenvalue weighted by Crippen LogP contribution is 2.26. The molecule has 2 amide bonds. The predicted molar refractivity (Wildman–Crippen MR) is 130 cm³/mol. The van der Waals surface area contributed by atoms with E-state index in [9.17, 15) is 14.0 Å². The monoisotopic (exact) mass is 506 g/mol.